The Kier molecular flexibility index (Phi) is 43.8. The molecule has 5 rings (SSSR count). The van der Waals surface area contributed by atoms with Crippen molar-refractivity contribution in [1.29, 1.82) is 0 Å². The van der Waals surface area contributed by atoms with E-state index >= 15 is 0 Å². The van der Waals surface area contributed by atoms with Crippen molar-refractivity contribution < 1.29 is 75.8 Å². The van der Waals surface area contributed by atoms with Crippen LogP contribution in [0, 0.1) is 0 Å². The third kappa shape index (κ3) is 29.0. The molecule has 3 aromatic rings. The van der Waals surface area contributed by atoms with Gasteiger partial charge in [0.05, 0.1) is 198 Å². The molecule has 0 atom stereocenters. The number of aromatic amines is 2. The topological polar surface area (TPSA) is 257 Å². The van der Waals surface area contributed by atoms with E-state index < -0.39 is 0 Å². The molecule has 0 aliphatic carbocycles. The number of nitrogens with zero attached hydrogens (tertiary/aromatic N) is 6. The van der Waals surface area contributed by atoms with E-state index in [1.807, 2.05) is 0 Å². The lowest BCUT2D eigenvalue weighted by atomic mass is 10.4. The minimum atomic E-state index is 0.452. The van der Waals surface area contributed by atoms with Gasteiger partial charge in [0, 0.05) is 103 Å². The smallest absolute Gasteiger partial charge is 0.171 e. The zero-order valence-corrected chi connectivity index (χ0v) is 58.6. The molecule has 8 bridgehead atoms. The fourth-order valence-electron chi connectivity index (χ4n) is 7.37. The summed E-state index contributed by atoms with van der Waals surface area (Å²) in [5.41, 5.74) is 2.32. The molecule has 3 aromatic heterocycles. The number of hydrogen-bond acceptors (Lipinski definition) is 30. The normalized spacial score (nSPS) is 12.7. The first-order valence-corrected chi connectivity index (χ1v) is 36.7. The highest BCUT2D eigenvalue weighted by atomic mass is 32.2. The summed E-state index contributed by atoms with van der Waals surface area (Å²) in [7, 11) is 13.3. The van der Waals surface area contributed by atoms with Gasteiger partial charge in [-0.15, -0.1) is 94.1 Å². The molecule has 2 aliphatic heterocycles. The molecule has 498 valence electrons. The summed E-state index contributed by atoms with van der Waals surface area (Å²) in [4.78, 5) is 47.2. The van der Waals surface area contributed by atoms with E-state index in [4.69, 9.17) is 106 Å². The maximum Gasteiger partial charge on any atom is 0.171 e. The molecule has 0 saturated carbocycles. The van der Waals surface area contributed by atoms with Gasteiger partial charge in [-0.05, 0) is 0 Å². The van der Waals surface area contributed by atoms with Crippen LogP contribution in [0.5, 0.6) is 0 Å². The van der Waals surface area contributed by atoms with Gasteiger partial charge in [-0.3, -0.25) is 0 Å². The molecule has 2 aliphatic rings. The van der Waals surface area contributed by atoms with Crippen molar-refractivity contribution >= 4 is 136 Å². The van der Waals surface area contributed by atoms with Crippen LogP contribution in [-0.2, 0) is 75.8 Å². The number of ether oxygens (including phenoxy) is 16. The number of aromatic nitrogens is 8. The minimum absolute atomic E-state index is 0.452. The summed E-state index contributed by atoms with van der Waals surface area (Å²) >= 11 is 13.0. The van der Waals surface area contributed by atoms with Gasteiger partial charge in [0.25, 0.3) is 0 Å². The summed E-state index contributed by atoms with van der Waals surface area (Å²) in [5.74, 6) is 6.62. The van der Waals surface area contributed by atoms with Gasteiger partial charge in [-0.25, -0.2) is 29.9 Å². The van der Waals surface area contributed by atoms with Crippen molar-refractivity contribution in [3.8, 4) is 0 Å². The largest absolute Gasteiger partial charge is 0.382 e. The van der Waals surface area contributed by atoms with Crippen LogP contribution in [0.3, 0.4) is 0 Å². The van der Waals surface area contributed by atoms with Crippen LogP contribution in [-0.4, -0.2) is 301 Å². The third-order valence-corrected chi connectivity index (χ3v) is 20.4. The Labute approximate surface area is 552 Å². The Morgan fingerprint density at radius 2 is 0.398 bits per heavy atom. The van der Waals surface area contributed by atoms with Crippen molar-refractivity contribution in [2.75, 3.05) is 261 Å². The van der Waals surface area contributed by atoms with Crippen LogP contribution < -0.4 is 0 Å². The van der Waals surface area contributed by atoms with Gasteiger partial charge in [0.15, 0.2) is 23.3 Å². The van der Waals surface area contributed by atoms with Crippen LogP contribution in [0.4, 0.5) is 0 Å². The molecule has 24 nitrogen and oxygen atoms in total. The van der Waals surface area contributed by atoms with Crippen LogP contribution >= 0.6 is 94.1 Å². The molecule has 5 heterocycles. The zero-order chi connectivity index (χ0) is 62.5. The van der Waals surface area contributed by atoms with Gasteiger partial charge < -0.3 is 85.8 Å². The Morgan fingerprint density at radius 3 is 0.602 bits per heavy atom. The Bertz CT molecular complexity index is 2450. The molecular formula is C56H90N8O16S8. The van der Waals surface area contributed by atoms with Gasteiger partial charge in [0.1, 0.15) is 22.6 Å². The molecule has 32 heteroatoms. The number of H-pyrrole nitrogens is 2. The molecule has 0 radical (unpaired) electrons. The number of hydrogen-bond donors (Lipinski definition) is 2. The average Bonchev–Trinajstić information content (AvgIpc) is 2.38. The van der Waals surface area contributed by atoms with Crippen LogP contribution in [0.2, 0.25) is 0 Å². The molecular weight excluding hydrogens is 1300 g/mol. The molecule has 0 fully saturated rings. The fraction of sp³-hybridized carbons (Fsp3) is 0.714. The maximum atomic E-state index is 6.04. The highest BCUT2D eigenvalue weighted by Crippen LogP contribution is 2.47. The molecule has 0 aromatic carbocycles. The summed E-state index contributed by atoms with van der Waals surface area (Å²) in [5, 5.41) is 0. The SMILES string of the molecule is COCCOCCSC1=C(SCCOCCOC)c2nc1nc1nc(nc3[nH]c(nc4[nH]c(n2)c(SCCOCCOC)c4SCCOCCOC)c(SCCOCCOC)c3SCCOCCOC)C(SCCOCCOC)=C1SCCOCCOC. The second-order valence-electron chi connectivity index (χ2n) is 17.9. The zero-order valence-electron chi connectivity index (χ0n) is 52.1. The van der Waals surface area contributed by atoms with E-state index in [0.29, 0.717) is 250 Å². The monoisotopic (exact) mass is 1390 g/mol. The second kappa shape index (κ2) is 50.0. The summed E-state index contributed by atoms with van der Waals surface area (Å²) in [6, 6.07) is 0. The number of methoxy groups -OCH3 is 8. The predicted molar refractivity (Wildman–Crippen MR) is 360 cm³/mol. The van der Waals surface area contributed by atoms with Crippen molar-refractivity contribution in [3.05, 3.63) is 23.3 Å². The minimum Gasteiger partial charge on any atom is -0.382 e. The first-order chi connectivity index (χ1) is 43.5. The van der Waals surface area contributed by atoms with Crippen molar-refractivity contribution in [1.82, 2.24) is 39.9 Å². The Balaban J connectivity index is 1.92. The maximum absolute atomic E-state index is 6.04. The number of rotatable bonds is 56. The number of thioether (sulfide) groups is 8. The van der Waals surface area contributed by atoms with E-state index in [2.05, 4.69) is 9.97 Å². The summed E-state index contributed by atoms with van der Waals surface area (Å²) in [6.07, 6.45) is 0. The van der Waals surface area contributed by atoms with Crippen molar-refractivity contribution in [3.63, 3.8) is 0 Å². The third-order valence-electron chi connectivity index (χ3n) is 11.5. The van der Waals surface area contributed by atoms with Gasteiger partial charge in [0.2, 0.25) is 0 Å². The van der Waals surface area contributed by atoms with Crippen LogP contribution in [0.1, 0.15) is 23.3 Å². The van der Waals surface area contributed by atoms with E-state index in [9.17, 15) is 0 Å². The lowest BCUT2D eigenvalue weighted by molar-refractivity contribution is 0.0789. The van der Waals surface area contributed by atoms with E-state index in [1.54, 1.807) is 151 Å². The molecule has 0 spiro atoms. The Hall–Kier alpha value is -1.52. The molecule has 0 unspecified atom stereocenters. The standard InChI is InChI=1S/C56H90N8O16S8/c1-65-9-17-73-25-33-81-41-42(82-34-26-74-18-10-66-2)50-57-49(41)61-51-43(83-35-27-75-19-11-67-3)44(84-36-28-76-20-12-68-4)53(58-51)63-55-47(87-39-31-79-23-15-71-7)48(88-40-32-80-24-16-72-8)56(60-55)64-54-46(86-38-30-78-22-14-70-6)45(52(59-54)62-50)85-37-29-77-21-13-69-5/h9-40H2,1-8H3,(H2,57,58,59,60,61,62,63,64). The summed E-state index contributed by atoms with van der Waals surface area (Å²) in [6.45, 7) is 11.2. The molecule has 2 N–H and O–H groups in total. The van der Waals surface area contributed by atoms with Crippen LogP contribution in [0.15, 0.2) is 19.6 Å². The second-order valence-corrected chi connectivity index (χ2v) is 26.7. The van der Waals surface area contributed by atoms with E-state index in [-0.39, 0.29) is 0 Å². The first-order valence-electron chi connectivity index (χ1n) is 28.8. The number of nitrogens with one attached hydrogen (secondary N) is 2. The highest BCUT2D eigenvalue weighted by molar-refractivity contribution is 8.14. The highest BCUT2D eigenvalue weighted by Gasteiger charge is 2.30. The first kappa shape index (κ1) is 77.2. The lowest BCUT2D eigenvalue weighted by Gasteiger charge is -2.09. The molecule has 88 heavy (non-hydrogen) atoms. The fourth-order valence-corrected chi connectivity index (χ4v) is 15.6. The average molecular weight is 1390 g/mol. The van der Waals surface area contributed by atoms with Gasteiger partial charge >= 0.3 is 0 Å². The lowest BCUT2D eigenvalue weighted by Crippen LogP contribution is -2.05. The van der Waals surface area contributed by atoms with Gasteiger partial charge in [-0.2, -0.15) is 0 Å². The summed E-state index contributed by atoms with van der Waals surface area (Å²) < 4.78 is 90.7. The van der Waals surface area contributed by atoms with Crippen LogP contribution in [0.25, 0.3) is 42.2 Å². The van der Waals surface area contributed by atoms with Gasteiger partial charge in [-0.1, -0.05) is 0 Å². The molecule has 0 saturated heterocycles. The van der Waals surface area contributed by atoms with Crippen molar-refractivity contribution in [2.45, 2.75) is 19.6 Å². The predicted octanol–water partition coefficient (Wildman–Crippen LogP) is 8.15. The quantitative estimate of drug-likeness (QED) is 0.0399. The van der Waals surface area contributed by atoms with E-state index in [0.717, 1.165) is 39.2 Å². The van der Waals surface area contributed by atoms with Crippen molar-refractivity contribution in [2.24, 2.45) is 0 Å². The Morgan fingerprint density at radius 1 is 0.216 bits per heavy atom. The number of fused-ring (bicyclic) bond motifs is 8. The molecule has 0 amide bonds. The van der Waals surface area contributed by atoms with E-state index in [1.165, 1.54) is 0 Å².